The molecule has 2 N–H and O–H groups in total. The zero-order valence-electron chi connectivity index (χ0n) is 15.6. The summed E-state index contributed by atoms with van der Waals surface area (Å²) in [6.45, 7) is 0. The highest BCUT2D eigenvalue weighted by atomic mass is 32.2. The van der Waals surface area contributed by atoms with Gasteiger partial charge in [-0.3, -0.25) is 9.52 Å². The third-order valence-electron chi connectivity index (χ3n) is 4.04. The van der Waals surface area contributed by atoms with Gasteiger partial charge in [-0.15, -0.1) is 11.3 Å². The van der Waals surface area contributed by atoms with Crippen LogP contribution in [0, 0.1) is 0 Å². The quantitative estimate of drug-likeness (QED) is 0.438. The lowest BCUT2D eigenvalue weighted by Gasteiger charge is -2.12. The van der Waals surface area contributed by atoms with Crippen LogP contribution in [0.4, 0.5) is 37.7 Å². The third-order valence-corrected chi connectivity index (χ3v) is 6.31. The van der Waals surface area contributed by atoms with Crippen molar-refractivity contribution in [2.75, 3.05) is 10.0 Å². The minimum Gasteiger partial charge on any atom is -0.321 e. The second-order valence-corrected chi connectivity index (χ2v) is 8.93. The molecule has 1 heterocycles. The highest BCUT2D eigenvalue weighted by Crippen LogP contribution is 2.33. The summed E-state index contributed by atoms with van der Waals surface area (Å²) >= 11 is 0.789. The van der Waals surface area contributed by atoms with Gasteiger partial charge in [-0.25, -0.2) is 8.42 Å². The summed E-state index contributed by atoms with van der Waals surface area (Å²) in [7, 11) is -4.49. The molecular weight excluding hydrogens is 482 g/mol. The Morgan fingerprint density at radius 1 is 0.844 bits per heavy atom. The van der Waals surface area contributed by atoms with Gasteiger partial charge in [0.25, 0.3) is 15.9 Å². The van der Waals surface area contributed by atoms with Gasteiger partial charge in [-0.2, -0.15) is 26.3 Å². The fourth-order valence-corrected chi connectivity index (χ4v) is 4.50. The monoisotopic (exact) mass is 494 g/mol. The molecule has 0 aliphatic heterocycles. The number of hydrogen-bond acceptors (Lipinski definition) is 4. The standard InChI is InChI=1S/C19H12F6N2O3S2/c20-18(21,22)11-3-1-5-13(9-11)26-17(28)16-15(7-8-31-16)27-32(29,30)14-6-2-4-12(10-14)19(23,24)25/h1-10,27H,(H,26,28). The van der Waals surface area contributed by atoms with Crippen LogP contribution in [0.5, 0.6) is 0 Å². The van der Waals surface area contributed by atoms with Crippen molar-refractivity contribution < 1.29 is 39.6 Å². The molecule has 0 aliphatic carbocycles. The molecule has 0 aliphatic rings. The Morgan fingerprint density at radius 2 is 1.44 bits per heavy atom. The van der Waals surface area contributed by atoms with Crippen molar-refractivity contribution in [3.8, 4) is 0 Å². The van der Waals surface area contributed by atoms with E-state index >= 15 is 0 Å². The second-order valence-electron chi connectivity index (χ2n) is 6.33. The number of halogens is 6. The van der Waals surface area contributed by atoms with Crippen LogP contribution in [0.2, 0.25) is 0 Å². The Kier molecular flexibility index (Phi) is 6.24. The van der Waals surface area contributed by atoms with Crippen molar-refractivity contribution in [1.29, 1.82) is 0 Å². The predicted octanol–water partition coefficient (Wildman–Crippen LogP) is 5.84. The molecule has 32 heavy (non-hydrogen) atoms. The van der Waals surface area contributed by atoms with Gasteiger partial charge in [0, 0.05) is 5.69 Å². The molecule has 0 bridgehead atoms. The van der Waals surface area contributed by atoms with E-state index in [1.54, 1.807) is 0 Å². The number of thiophene rings is 1. The Morgan fingerprint density at radius 3 is 2.06 bits per heavy atom. The van der Waals surface area contributed by atoms with Gasteiger partial charge < -0.3 is 5.32 Å². The number of carbonyl (C=O) groups excluding carboxylic acids is 1. The first-order chi connectivity index (χ1) is 14.8. The van der Waals surface area contributed by atoms with Gasteiger partial charge in [0.2, 0.25) is 0 Å². The van der Waals surface area contributed by atoms with Gasteiger partial charge in [-0.05, 0) is 47.8 Å². The lowest BCUT2D eigenvalue weighted by molar-refractivity contribution is -0.138. The van der Waals surface area contributed by atoms with Crippen molar-refractivity contribution in [3.05, 3.63) is 76.0 Å². The van der Waals surface area contributed by atoms with Crippen LogP contribution in [-0.4, -0.2) is 14.3 Å². The molecule has 0 fully saturated rings. The molecule has 1 amide bonds. The molecule has 0 radical (unpaired) electrons. The van der Waals surface area contributed by atoms with E-state index in [0.29, 0.717) is 18.2 Å². The Bertz CT molecular complexity index is 1250. The topological polar surface area (TPSA) is 75.3 Å². The van der Waals surface area contributed by atoms with Gasteiger partial charge in [-0.1, -0.05) is 12.1 Å². The fourth-order valence-electron chi connectivity index (χ4n) is 2.57. The minimum atomic E-state index is -4.76. The number of rotatable bonds is 5. The summed E-state index contributed by atoms with van der Waals surface area (Å²) in [5, 5.41) is 3.58. The Balaban J connectivity index is 1.84. The van der Waals surface area contributed by atoms with Gasteiger partial charge >= 0.3 is 12.4 Å². The lowest BCUT2D eigenvalue weighted by atomic mass is 10.2. The summed E-state index contributed by atoms with van der Waals surface area (Å²) in [6, 6.07) is 8.05. The average molecular weight is 494 g/mol. The highest BCUT2D eigenvalue weighted by molar-refractivity contribution is 7.92. The summed E-state index contributed by atoms with van der Waals surface area (Å²) in [5.74, 6) is -0.902. The maximum atomic E-state index is 12.9. The first kappa shape index (κ1) is 23.6. The van der Waals surface area contributed by atoms with Crippen LogP contribution < -0.4 is 10.0 Å². The van der Waals surface area contributed by atoms with Crippen molar-refractivity contribution in [2.24, 2.45) is 0 Å². The number of amides is 1. The van der Waals surface area contributed by atoms with Crippen LogP contribution in [0.25, 0.3) is 0 Å². The first-order valence-electron chi connectivity index (χ1n) is 8.53. The SMILES string of the molecule is O=C(Nc1cccc(C(F)(F)F)c1)c1sccc1NS(=O)(=O)c1cccc(C(F)(F)F)c1. The van der Waals surface area contributed by atoms with Gasteiger partial charge in [0.05, 0.1) is 21.7 Å². The van der Waals surface area contributed by atoms with E-state index in [4.69, 9.17) is 0 Å². The maximum absolute atomic E-state index is 12.9. The molecule has 3 rings (SSSR count). The summed E-state index contributed by atoms with van der Waals surface area (Å²) in [4.78, 5) is 11.6. The molecule has 0 spiro atoms. The van der Waals surface area contributed by atoms with Crippen LogP contribution in [0.15, 0.2) is 64.9 Å². The first-order valence-corrected chi connectivity index (χ1v) is 10.9. The lowest BCUT2D eigenvalue weighted by Crippen LogP contribution is -2.18. The molecular formula is C19H12F6N2O3S2. The number of nitrogens with one attached hydrogen (secondary N) is 2. The smallest absolute Gasteiger partial charge is 0.321 e. The van der Waals surface area contributed by atoms with Crippen LogP contribution in [0.1, 0.15) is 20.8 Å². The van der Waals surface area contributed by atoms with Crippen LogP contribution >= 0.6 is 11.3 Å². The average Bonchev–Trinajstić information content (AvgIpc) is 3.14. The zero-order valence-corrected chi connectivity index (χ0v) is 17.2. The molecule has 5 nitrogen and oxygen atoms in total. The number of hydrogen-bond donors (Lipinski definition) is 2. The molecule has 0 unspecified atom stereocenters. The van der Waals surface area contributed by atoms with Crippen molar-refractivity contribution >= 4 is 38.6 Å². The predicted molar refractivity (Wildman–Crippen MR) is 106 cm³/mol. The molecule has 13 heteroatoms. The summed E-state index contributed by atoms with van der Waals surface area (Å²) in [5.41, 5.74) is -2.58. The van der Waals surface area contributed by atoms with E-state index < -0.39 is 44.3 Å². The second kappa shape index (κ2) is 8.47. The molecule has 1 aromatic heterocycles. The minimum absolute atomic E-state index is 0.176. The van der Waals surface area contributed by atoms with Gasteiger partial charge in [0.15, 0.2) is 0 Å². The van der Waals surface area contributed by atoms with E-state index in [1.165, 1.54) is 17.5 Å². The Hall–Kier alpha value is -3.06. The normalized spacial score (nSPS) is 12.4. The van der Waals surface area contributed by atoms with Crippen molar-refractivity contribution in [1.82, 2.24) is 0 Å². The molecule has 0 atom stereocenters. The number of alkyl halides is 6. The summed E-state index contributed by atoms with van der Waals surface area (Å²) < 4.78 is 104. The van der Waals surface area contributed by atoms with Crippen LogP contribution in [0.3, 0.4) is 0 Å². The Labute approximate surface area is 181 Å². The summed E-state index contributed by atoms with van der Waals surface area (Å²) in [6.07, 6.45) is -9.39. The van der Waals surface area contributed by atoms with Crippen molar-refractivity contribution in [2.45, 2.75) is 17.2 Å². The number of anilines is 2. The zero-order chi connectivity index (χ0) is 23.7. The van der Waals surface area contributed by atoms with E-state index in [1.807, 2.05) is 4.72 Å². The van der Waals surface area contributed by atoms with E-state index in [9.17, 15) is 39.6 Å². The number of sulfonamides is 1. The van der Waals surface area contributed by atoms with E-state index in [0.717, 1.165) is 35.6 Å². The van der Waals surface area contributed by atoms with E-state index in [2.05, 4.69) is 5.32 Å². The van der Waals surface area contributed by atoms with Crippen LogP contribution in [-0.2, 0) is 22.4 Å². The number of benzene rings is 2. The maximum Gasteiger partial charge on any atom is 0.416 e. The molecule has 2 aromatic carbocycles. The highest BCUT2D eigenvalue weighted by Gasteiger charge is 2.32. The fraction of sp³-hybridized carbons (Fsp3) is 0.105. The molecule has 170 valence electrons. The van der Waals surface area contributed by atoms with Gasteiger partial charge in [0.1, 0.15) is 4.88 Å². The number of carbonyl (C=O) groups is 1. The van der Waals surface area contributed by atoms with E-state index in [-0.39, 0.29) is 16.3 Å². The molecule has 0 saturated carbocycles. The van der Waals surface area contributed by atoms with Crippen molar-refractivity contribution in [3.63, 3.8) is 0 Å². The largest absolute Gasteiger partial charge is 0.416 e. The molecule has 0 saturated heterocycles. The third kappa shape index (κ3) is 5.40. The molecule has 3 aromatic rings.